The third kappa shape index (κ3) is 14.7. The van der Waals surface area contributed by atoms with Gasteiger partial charge in [-0.1, -0.05) is 456 Å². The standard InChI is InChI=1S/C147H143NO2/c1-15-19-23-27-44-78-146(79-45-28-24-20-16-2)117-55-39-34-51-103(117)109-72-63-97(86-126(109)146)94-61-70-106-105-69-60-93(82-119(105)141(5,6)120(106)83-94)96-65-75-113-123(85-96)144(11,12)138-136(113)140-135(115-54-38-43-59-131(115)150-140)133-112-77-68-101(90-125(112)145(13,14)137(133)138)148(129-57-41-36-50-102(129)92-48-32-31-33-49-92)100-67-76-111-124(89-100)143(9,10)128-91-116(139-134(132(111)128)114-53-37-42-58-130(114)149-139)99-66-74-108-107-71-62-95(84-121(107)142(7,8)122(108)88-99)98-64-73-110-104-52-35-40-56-118(104)147(127(110)87-98,80-46-29-25-21-17-3)81-47-30-26-22-18-4/h31-43,48-77,82-91H,15-30,44-47,78-81H2,1-14H3. The fourth-order valence-corrected chi connectivity index (χ4v) is 30.2. The van der Waals surface area contributed by atoms with E-state index in [2.05, 4.69) is 423 Å². The molecular weight excluding hydrogens is 1810 g/mol. The highest BCUT2D eigenvalue weighted by Gasteiger charge is 2.52. The summed E-state index contributed by atoms with van der Waals surface area (Å²) in [5, 5.41) is 4.67. The van der Waals surface area contributed by atoms with Crippen LogP contribution in [-0.4, -0.2) is 0 Å². The molecule has 2 aromatic heterocycles. The lowest BCUT2D eigenvalue weighted by Gasteiger charge is -2.33. The van der Waals surface area contributed by atoms with Crippen molar-refractivity contribution < 1.29 is 8.83 Å². The largest absolute Gasteiger partial charge is 0.455 e. The average Bonchev–Trinajstić information content (AvgIpc) is 1.49. The second kappa shape index (κ2) is 36.8. The van der Waals surface area contributed by atoms with Crippen LogP contribution < -0.4 is 4.90 Å². The van der Waals surface area contributed by atoms with Gasteiger partial charge in [0.1, 0.15) is 22.3 Å². The maximum Gasteiger partial charge on any atom is 0.144 e. The second-order valence-electron chi connectivity index (χ2n) is 48.5. The maximum absolute atomic E-state index is 7.46. The molecule has 7 aliphatic carbocycles. The summed E-state index contributed by atoms with van der Waals surface area (Å²) in [6.45, 7) is 34.2. The lowest BCUT2D eigenvalue weighted by atomic mass is 9.70. The Balaban J connectivity index is 0.540. The van der Waals surface area contributed by atoms with Crippen LogP contribution in [0.15, 0.2) is 330 Å². The minimum absolute atomic E-state index is 0.0131. The first-order valence-electron chi connectivity index (χ1n) is 57.5. The van der Waals surface area contributed by atoms with Crippen molar-refractivity contribution in [3.63, 3.8) is 0 Å². The Morgan fingerprint density at radius 2 is 0.507 bits per heavy atom. The van der Waals surface area contributed by atoms with Gasteiger partial charge < -0.3 is 13.7 Å². The van der Waals surface area contributed by atoms with Crippen LogP contribution in [0.4, 0.5) is 17.1 Å². The summed E-state index contributed by atoms with van der Waals surface area (Å²) in [6.07, 6.45) is 30.7. The van der Waals surface area contributed by atoms with Gasteiger partial charge in [0.05, 0.1) is 5.69 Å². The first kappa shape index (κ1) is 95.8. The van der Waals surface area contributed by atoms with E-state index in [0.29, 0.717) is 0 Å². The Morgan fingerprint density at radius 3 is 0.960 bits per heavy atom. The molecule has 0 saturated carbocycles. The zero-order valence-electron chi connectivity index (χ0n) is 90.8. The van der Waals surface area contributed by atoms with Crippen molar-refractivity contribution in [1.82, 2.24) is 0 Å². The number of nitrogens with zero attached hydrogens (tertiary/aromatic N) is 1. The van der Waals surface area contributed by atoms with Crippen LogP contribution >= 0.6 is 0 Å². The van der Waals surface area contributed by atoms with E-state index >= 15 is 0 Å². The van der Waals surface area contributed by atoms with Crippen LogP contribution in [0.3, 0.4) is 0 Å². The van der Waals surface area contributed by atoms with Crippen molar-refractivity contribution in [3.05, 3.63) is 399 Å². The molecule has 748 valence electrons. The van der Waals surface area contributed by atoms with E-state index in [1.165, 1.54) is 343 Å². The van der Waals surface area contributed by atoms with Gasteiger partial charge >= 0.3 is 0 Å². The topological polar surface area (TPSA) is 29.5 Å². The molecule has 0 atom stereocenters. The number of benzene rings is 17. The Labute approximate surface area is 890 Å². The third-order valence-electron chi connectivity index (χ3n) is 38.0. The summed E-state index contributed by atoms with van der Waals surface area (Å²) in [5.74, 6) is 0. The molecular formula is C147H143NO2. The van der Waals surface area contributed by atoms with Crippen LogP contribution in [0, 0.1) is 0 Å². The number of unbranched alkanes of at least 4 members (excludes halogenated alkanes) is 16. The molecule has 7 aliphatic rings. The van der Waals surface area contributed by atoms with Gasteiger partial charge in [0.25, 0.3) is 0 Å². The lowest BCUT2D eigenvalue weighted by Crippen LogP contribution is -2.25. The van der Waals surface area contributed by atoms with Crippen LogP contribution in [0.5, 0.6) is 0 Å². The molecule has 0 unspecified atom stereocenters. The third-order valence-corrected chi connectivity index (χ3v) is 38.0. The molecule has 19 aromatic rings. The fraction of sp³-hybridized carbons (Fsp3) is 0.306. The molecule has 2 heterocycles. The van der Waals surface area contributed by atoms with Gasteiger partial charge in [-0.15, -0.1) is 0 Å². The van der Waals surface area contributed by atoms with Crippen molar-refractivity contribution in [2.45, 2.75) is 289 Å². The molecule has 0 bridgehead atoms. The van der Waals surface area contributed by atoms with Gasteiger partial charge in [-0.3, -0.25) is 0 Å². The minimum atomic E-state index is -0.478. The van der Waals surface area contributed by atoms with Crippen molar-refractivity contribution >= 4 is 60.9 Å². The number of rotatable bonds is 32. The van der Waals surface area contributed by atoms with Gasteiger partial charge in [0, 0.05) is 87.5 Å². The van der Waals surface area contributed by atoms with E-state index in [9.17, 15) is 0 Å². The predicted molar refractivity (Wildman–Crippen MR) is 637 cm³/mol. The smallest absolute Gasteiger partial charge is 0.144 e. The molecule has 26 rings (SSSR count). The number of para-hydroxylation sites is 3. The summed E-state index contributed by atoms with van der Waals surface area (Å²) in [6, 6.07) is 126. The highest BCUT2D eigenvalue weighted by Crippen LogP contribution is 2.68. The Morgan fingerprint density at radius 1 is 0.200 bits per heavy atom. The van der Waals surface area contributed by atoms with Crippen molar-refractivity contribution in [2.75, 3.05) is 4.90 Å². The second-order valence-corrected chi connectivity index (χ2v) is 48.5. The molecule has 0 saturated heterocycles. The molecule has 150 heavy (non-hydrogen) atoms. The summed E-state index contributed by atoms with van der Waals surface area (Å²) in [4.78, 5) is 2.58. The number of hydrogen-bond donors (Lipinski definition) is 0. The van der Waals surface area contributed by atoms with E-state index in [0.717, 1.165) is 61.3 Å². The number of hydrogen-bond acceptors (Lipinski definition) is 3. The van der Waals surface area contributed by atoms with Gasteiger partial charge in [-0.2, -0.15) is 0 Å². The molecule has 0 fully saturated rings. The average molecular weight is 1960 g/mol. The van der Waals surface area contributed by atoms with E-state index < -0.39 is 16.2 Å². The van der Waals surface area contributed by atoms with Crippen LogP contribution in [-0.2, 0) is 37.9 Å². The van der Waals surface area contributed by atoms with E-state index in [4.69, 9.17) is 8.83 Å². The predicted octanol–water partition coefficient (Wildman–Crippen LogP) is 42.8. The molecule has 17 aromatic carbocycles. The van der Waals surface area contributed by atoms with Crippen molar-refractivity contribution in [2.24, 2.45) is 0 Å². The van der Waals surface area contributed by atoms with Gasteiger partial charge in [0.2, 0.25) is 0 Å². The zero-order chi connectivity index (χ0) is 102. The maximum atomic E-state index is 7.46. The van der Waals surface area contributed by atoms with Crippen molar-refractivity contribution in [3.8, 4) is 134 Å². The molecule has 0 aliphatic heterocycles. The van der Waals surface area contributed by atoms with Crippen LogP contribution in [0.2, 0.25) is 0 Å². The first-order chi connectivity index (χ1) is 73.0. The van der Waals surface area contributed by atoms with Crippen molar-refractivity contribution in [1.29, 1.82) is 0 Å². The molecule has 0 amide bonds. The number of anilines is 3. The van der Waals surface area contributed by atoms with Gasteiger partial charge in [0.15, 0.2) is 0 Å². The summed E-state index contributed by atoms with van der Waals surface area (Å²) in [7, 11) is 0. The minimum Gasteiger partial charge on any atom is -0.455 e. The molecule has 3 nitrogen and oxygen atoms in total. The fourth-order valence-electron chi connectivity index (χ4n) is 30.2. The first-order valence-corrected chi connectivity index (χ1v) is 57.5. The van der Waals surface area contributed by atoms with E-state index in [1.807, 2.05) is 0 Å². The normalized spacial score (nSPS) is 15.6. The summed E-state index contributed by atoms with van der Waals surface area (Å²) < 4.78 is 14.8. The summed E-state index contributed by atoms with van der Waals surface area (Å²) in [5.41, 5.74) is 56.0. The van der Waals surface area contributed by atoms with Gasteiger partial charge in [-0.25, -0.2) is 0 Å². The molecule has 0 radical (unpaired) electrons. The number of fused-ring (bicyclic) bond motifs is 31. The number of furan rings is 2. The Kier molecular flexibility index (Phi) is 23.5. The van der Waals surface area contributed by atoms with E-state index in [-0.39, 0.29) is 21.7 Å². The molecule has 0 spiro atoms. The Bertz CT molecular complexity index is 8650. The zero-order valence-corrected chi connectivity index (χ0v) is 90.8. The Hall–Kier alpha value is -13.9. The quantitative estimate of drug-likeness (QED) is 0.0394. The molecule has 0 N–H and O–H groups in total. The van der Waals surface area contributed by atoms with Gasteiger partial charge in [-0.05, 0) is 311 Å². The monoisotopic (exact) mass is 1950 g/mol. The lowest BCUT2D eigenvalue weighted by molar-refractivity contribution is 0.399. The van der Waals surface area contributed by atoms with Crippen LogP contribution in [0.25, 0.3) is 177 Å². The molecule has 3 heteroatoms. The van der Waals surface area contributed by atoms with Crippen LogP contribution in [0.1, 0.15) is 329 Å². The van der Waals surface area contributed by atoms with E-state index in [1.54, 1.807) is 22.3 Å². The highest BCUT2D eigenvalue weighted by molar-refractivity contribution is 6.22. The SMILES string of the molecule is CCCCCCCC1(CCCCCCC)c2ccccc2-c2ccc(-c3ccc4c(c3)C(C)(C)c3cc(-c5ccc6c(c5)C(C)(C)c5c7c(c8c(oc9ccccc98)c5-6)-c5ccc(N(c6ccc8c(c6)C(C)(C)c6cc(-c9ccc%10c(c9)C(C)(C)c9cc(-c%11ccc%12c(c%11)C(CCCCCCC)(CCCCCCC)c%11ccccc%11-%12)ccc9-%10)c9oc%10ccccc%10c9c6-8)c6ccccc6-c6ccccc6)cc5C7(C)C)ccc3-4)cc21. The summed E-state index contributed by atoms with van der Waals surface area (Å²) >= 11 is 0. The highest BCUT2D eigenvalue weighted by atomic mass is 16.3.